The van der Waals surface area contributed by atoms with Gasteiger partial charge in [0.1, 0.15) is 6.07 Å². The molecule has 29 heavy (non-hydrogen) atoms. The number of hydrogen-bond acceptors (Lipinski definition) is 8. The predicted octanol–water partition coefficient (Wildman–Crippen LogP) is 1.17. The highest BCUT2D eigenvalue weighted by atomic mass is 79.9. The molecule has 0 aromatic carbocycles. The topological polar surface area (TPSA) is 134 Å². The Balaban J connectivity index is 1.65. The second kappa shape index (κ2) is 7.65. The predicted molar refractivity (Wildman–Crippen MR) is 109 cm³/mol. The maximum atomic E-state index is 12.0. The van der Waals surface area contributed by atoms with Gasteiger partial charge in [-0.25, -0.2) is 14.5 Å². The number of nitrogens with zero attached hydrogens (tertiary/aromatic N) is 6. The van der Waals surface area contributed by atoms with Crippen molar-refractivity contribution >= 4 is 39.0 Å². The van der Waals surface area contributed by atoms with E-state index in [1.165, 1.54) is 18.6 Å². The number of ether oxygens (including phenoxy) is 1. The second-order valence-corrected chi connectivity index (χ2v) is 7.51. The number of nitrogens with one attached hydrogen (secondary N) is 1. The molecule has 2 atom stereocenters. The van der Waals surface area contributed by atoms with Gasteiger partial charge < -0.3 is 20.7 Å². The minimum atomic E-state index is -0.570. The highest BCUT2D eigenvalue weighted by Crippen LogP contribution is 2.29. The largest absolute Gasteiger partial charge is 0.377 e. The molecule has 0 radical (unpaired) electrons. The lowest BCUT2D eigenvalue weighted by Gasteiger charge is -2.21. The number of primary amides is 1. The van der Waals surface area contributed by atoms with Crippen LogP contribution in [0.3, 0.4) is 0 Å². The van der Waals surface area contributed by atoms with E-state index in [9.17, 15) is 4.79 Å². The Bertz CT molecular complexity index is 1110. The van der Waals surface area contributed by atoms with Crippen molar-refractivity contribution in [2.24, 2.45) is 5.73 Å². The molecule has 1 aliphatic rings. The van der Waals surface area contributed by atoms with Crippen LogP contribution >= 0.6 is 15.9 Å². The van der Waals surface area contributed by atoms with Crippen LogP contribution in [0.1, 0.15) is 15.9 Å². The summed E-state index contributed by atoms with van der Waals surface area (Å²) in [5.41, 5.74) is 7.58. The Morgan fingerprint density at radius 3 is 2.79 bits per heavy atom. The Kier molecular flexibility index (Phi) is 5.04. The Morgan fingerprint density at radius 2 is 2.14 bits per heavy atom. The van der Waals surface area contributed by atoms with Crippen molar-refractivity contribution < 1.29 is 9.53 Å². The fourth-order valence-corrected chi connectivity index (χ4v) is 3.82. The van der Waals surface area contributed by atoms with Gasteiger partial charge in [-0.1, -0.05) is 0 Å². The molecule has 3 aromatic heterocycles. The first-order valence-electron chi connectivity index (χ1n) is 8.73. The van der Waals surface area contributed by atoms with E-state index < -0.39 is 5.91 Å². The van der Waals surface area contributed by atoms with Gasteiger partial charge in [-0.05, 0) is 22.0 Å². The molecular weight excluding hydrogens is 440 g/mol. The third kappa shape index (κ3) is 3.59. The number of anilines is 2. The molecule has 1 saturated heterocycles. The van der Waals surface area contributed by atoms with Crippen molar-refractivity contribution in [3.05, 3.63) is 46.5 Å². The van der Waals surface area contributed by atoms with E-state index in [1.807, 2.05) is 17.0 Å². The van der Waals surface area contributed by atoms with Crippen molar-refractivity contribution in [2.45, 2.75) is 12.1 Å². The number of methoxy groups -OCH3 is 1. The fourth-order valence-electron chi connectivity index (χ4n) is 3.41. The zero-order valence-corrected chi connectivity index (χ0v) is 17.0. The summed E-state index contributed by atoms with van der Waals surface area (Å²) in [4.78, 5) is 22.4. The lowest BCUT2D eigenvalue weighted by molar-refractivity contribution is 0.0999. The first-order valence-corrected chi connectivity index (χ1v) is 9.52. The molecule has 1 fully saturated rings. The van der Waals surface area contributed by atoms with Gasteiger partial charge in [-0.3, -0.25) is 4.79 Å². The average Bonchev–Trinajstić information content (AvgIpc) is 3.30. The monoisotopic (exact) mass is 456 g/mol. The van der Waals surface area contributed by atoms with Gasteiger partial charge in [-0.15, -0.1) is 0 Å². The van der Waals surface area contributed by atoms with Crippen molar-refractivity contribution in [1.29, 1.82) is 5.26 Å². The standard InChI is InChI=1S/C18H17BrN8O2/c1-29-15-9-26(18-22-4-10(3-20)5-23-18)8-13(15)25-16-12(17(21)28)6-24-27-7-11(19)2-14(16)27/h2,4-7,13,15,25H,8-9H2,1H3,(H2,21,28)/t13-,15-/m1/s1. The summed E-state index contributed by atoms with van der Waals surface area (Å²) >= 11 is 3.43. The van der Waals surface area contributed by atoms with Crippen LogP contribution in [-0.2, 0) is 4.74 Å². The third-order valence-electron chi connectivity index (χ3n) is 4.82. The molecule has 0 unspecified atom stereocenters. The molecule has 11 heteroatoms. The van der Waals surface area contributed by atoms with E-state index in [1.54, 1.807) is 17.8 Å². The molecule has 3 aromatic rings. The first-order chi connectivity index (χ1) is 14.0. The normalized spacial score (nSPS) is 18.7. The van der Waals surface area contributed by atoms with Gasteiger partial charge in [-0.2, -0.15) is 10.4 Å². The number of amides is 1. The molecule has 148 valence electrons. The number of fused-ring (bicyclic) bond motifs is 1. The Morgan fingerprint density at radius 1 is 1.38 bits per heavy atom. The summed E-state index contributed by atoms with van der Waals surface area (Å²) in [7, 11) is 1.63. The number of carbonyl (C=O) groups excluding carboxylic acids is 1. The highest BCUT2D eigenvalue weighted by Gasteiger charge is 2.35. The lowest BCUT2D eigenvalue weighted by Crippen LogP contribution is -2.34. The second-order valence-electron chi connectivity index (χ2n) is 6.60. The van der Waals surface area contributed by atoms with Gasteiger partial charge in [0.2, 0.25) is 5.95 Å². The van der Waals surface area contributed by atoms with Crippen molar-refractivity contribution in [2.75, 3.05) is 30.4 Å². The minimum absolute atomic E-state index is 0.155. The van der Waals surface area contributed by atoms with Crippen molar-refractivity contribution in [3.8, 4) is 6.07 Å². The maximum Gasteiger partial charge on any atom is 0.252 e. The number of nitriles is 1. The van der Waals surface area contributed by atoms with E-state index in [0.717, 1.165) is 9.99 Å². The number of halogens is 1. The SMILES string of the molecule is CO[C@@H]1CN(c2ncc(C#N)cn2)C[C@H]1Nc1c(C(N)=O)cnn2cc(Br)cc12. The van der Waals surface area contributed by atoms with Crippen LogP contribution in [0.25, 0.3) is 5.52 Å². The molecule has 0 saturated carbocycles. The molecule has 0 spiro atoms. The summed E-state index contributed by atoms with van der Waals surface area (Å²) < 4.78 is 8.14. The Labute approximate surface area is 174 Å². The molecule has 0 bridgehead atoms. The summed E-state index contributed by atoms with van der Waals surface area (Å²) in [5, 5.41) is 16.6. The molecule has 4 heterocycles. The van der Waals surface area contributed by atoms with Crippen LogP contribution in [0.15, 0.2) is 35.3 Å². The quantitative estimate of drug-likeness (QED) is 0.583. The molecule has 10 nitrogen and oxygen atoms in total. The molecule has 4 rings (SSSR count). The van der Waals surface area contributed by atoms with E-state index in [2.05, 4.69) is 36.3 Å². The van der Waals surface area contributed by atoms with Crippen LogP contribution in [0.2, 0.25) is 0 Å². The zero-order chi connectivity index (χ0) is 20.5. The fraction of sp³-hybridized carbons (Fsp3) is 0.278. The van der Waals surface area contributed by atoms with Crippen LogP contribution in [0, 0.1) is 11.3 Å². The zero-order valence-electron chi connectivity index (χ0n) is 15.4. The van der Waals surface area contributed by atoms with Gasteiger partial charge in [0.25, 0.3) is 5.91 Å². The van der Waals surface area contributed by atoms with E-state index in [-0.39, 0.29) is 12.1 Å². The number of carbonyl (C=O) groups is 1. The summed E-state index contributed by atoms with van der Waals surface area (Å²) in [5.74, 6) is -0.0603. The van der Waals surface area contributed by atoms with Gasteiger partial charge in [0.05, 0.1) is 53.1 Å². The molecule has 3 N–H and O–H groups in total. The van der Waals surface area contributed by atoms with Crippen LogP contribution < -0.4 is 16.0 Å². The molecule has 1 amide bonds. The number of rotatable bonds is 5. The van der Waals surface area contributed by atoms with Gasteiger partial charge in [0.15, 0.2) is 0 Å². The van der Waals surface area contributed by atoms with Crippen LogP contribution in [0.4, 0.5) is 11.6 Å². The minimum Gasteiger partial charge on any atom is -0.377 e. The van der Waals surface area contributed by atoms with Gasteiger partial charge in [0, 0.05) is 30.9 Å². The first kappa shape index (κ1) is 19.1. The smallest absolute Gasteiger partial charge is 0.252 e. The van der Waals surface area contributed by atoms with Crippen molar-refractivity contribution in [1.82, 2.24) is 19.6 Å². The molecular formula is C18H17BrN8O2. The summed E-state index contributed by atoms with van der Waals surface area (Å²) in [6.07, 6.45) is 6.04. The van der Waals surface area contributed by atoms with Crippen molar-refractivity contribution in [3.63, 3.8) is 0 Å². The molecule has 0 aliphatic carbocycles. The molecule has 1 aliphatic heterocycles. The highest BCUT2D eigenvalue weighted by molar-refractivity contribution is 9.10. The number of hydrogen-bond donors (Lipinski definition) is 2. The lowest BCUT2D eigenvalue weighted by atomic mass is 10.1. The Hall–Kier alpha value is -3.23. The third-order valence-corrected chi connectivity index (χ3v) is 5.25. The van der Waals surface area contributed by atoms with E-state index in [0.29, 0.717) is 35.9 Å². The van der Waals surface area contributed by atoms with E-state index in [4.69, 9.17) is 15.7 Å². The average molecular weight is 457 g/mol. The van der Waals surface area contributed by atoms with Gasteiger partial charge >= 0.3 is 0 Å². The number of aromatic nitrogens is 4. The summed E-state index contributed by atoms with van der Waals surface area (Å²) in [6, 6.07) is 3.71. The van der Waals surface area contributed by atoms with E-state index >= 15 is 0 Å². The van der Waals surface area contributed by atoms with Crippen LogP contribution in [0.5, 0.6) is 0 Å². The summed E-state index contributed by atoms with van der Waals surface area (Å²) in [6.45, 7) is 1.09. The van der Waals surface area contributed by atoms with Crippen LogP contribution in [-0.4, -0.2) is 57.8 Å². The number of nitrogens with two attached hydrogens (primary N) is 1. The maximum absolute atomic E-state index is 12.0.